The fourth-order valence-electron chi connectivity index (χ4n) is 2.36. The molecule has 0 saturated carbocycles. The van der Waals surface area contributed by atoms with Crippen LogP contribution in [0.15, 0.2) is 24.4 Å². The zero-order valence-corrected chi connectivity index (χ0v) is 12.6. The van der Waals surface area contributed by atoms with Gasteiger partial charge < -0.3 is 10.3 Å². The van der Waals surface area contributed by atoms with Gasteiger partial charge >= 0.3 is 0 Å². The van der Waals surface area contributed by atoms with E-state index in [1.165, 1.54) is 11.5 Å². The van der Waals surface area contributed by atoms with Gasteiger partial charge in [-0.3, -0.25) is 0 Å². The summed E-state index contributed by atoms with van der Waals surface area (Å²) < 4.78 is 6.18. The molecule has 0 aliphatic carbocycles. The maximum atomic E-state index is 5.71. The van der Waals surface area contributed by atoms with E-state index in [0.717, 1.165) is 27.3 Å². The first-order valence-corrected chi connectivity index (χ1v) is 7.27. The molecule has 2 aromatic heterocycles. The molecule has 0 atom stereocenters. The van der Waals surface area contributed by atoms with Crippen LogP contribution in [-0.4, -0.2) is 19.1 Å². The first-order valence-electron chi connectivity index (χ1n) is 6.50. The van der Waals surface area contributed by atoms with E-state index in [1.54, 1.807) is 6.20 Å². The van der Waals surface area contributed by atoms with Gasteiger partial charge in [0.1, 0.15) is 4.88 Å². The predicted octanol–water partition coefficient (Wildman–Crippen LogP) is 2.77. The largest absolute Gasteiger partial charge is 0.326 e. The molecule has 0 fully saturated rings. The van der Waals surface area contributed by atoms with Crippen LogP contribution >= 0.6 is 11.5 Å². The van der Waals surface area contributed by atoms with Crippen LogP contribution in [0.2, 0.25) is 0 Å². The van der Waals surface area contributed by atoms with Crippen molar-refractivity contribution in [3.63, 3.8) is 0 Å². The van der Waals surface area contributed by atoms with Crippen molar-refractivity contribution in [1.29, 1.82) is 0 Å². The summed E-state index contributed by atoms with van der Waals surface area (Å²) in [5.74, 6) is 0.914. The third-order valence-electron chi connectivity index (χ3n) is 3.21. The second kappa shape index (κ2) is 4.64. The van der Waals surface area contributed by atoms with E-state index in [2.05, 4.69) is 53.1 Å². The van der Waals surface area contributed by atoms with Crippen LogP contribution in [-0.2, 0) is 12.1 Å². The molecule has 2 heterocycles. The fraction of sp³-hybridized carbons (Fsp3) is 0.357. The predicted molar refractivity (Wildman–Crippen MR) is 81.5 cm³/mol. The highest BCUT2D eigenvalue weighted by Gasteiger charge is 2.23. The average molecular weight is 287 g/mol. The number of benzene rings is 1. The second-order valence-electron chi connectivity index (χ2n) is 5.75. The Morgan fingerprint density at radius 3 is 2.70 bits per heavy atom. The van der Waals surface area contributed by atoms with Crippen molar-refractivity contribution in [3.05, 3.63) is 30.0 Å². The maximum absolute atomic E-state index is 5.71. The molecule has 0 unspecified atom stereocenters. The SMILES string of the molecule is CC(C)(C)n1c(-c2cnns2)nc2cc(CN)ccc21. The van der Waals surface area contributed by atoms with Gasteiger partial charge in [-0.15, -0.1) is 5.10 Å². The Kier molecular flexibility index (Phi) is 3.07. The lowest BCUT2D eigenvalue weighted by atomic mass is 10.1. The average Bonchev–Trinajstić information content (AvgIpc) is 3.03. The second-order valence-corrected chi connectivity index (χ2v) is 6.54. The van der Waals surface area contributed by atoms with Crippen LogP contribution in [0.1, 0.15) is 26.3 Å². The van der Waals surface area contributed by atoms with Crippen molar-refractivity contribution in [2.45, 2.75) is 32.9 Å². The zero-order valence-electron chi connectivity index (χ0n) is 11.8. The van der Waals surface area contributed by atoms with E-state index < -0.39 is 0 Å². The molecular formula is C14H17N5S. The minimum Gasteiger partial charge on any atom is -0.326 e. The lowest BCUT2D eigenvalue weighted by Crippen LogP contribution is -2.22. The van der Waals surface area contributed by atoms with E-state index in [-0.39, 0.29) is 5.54 Å². The fourth-order valence-corrected chi connectivity index (χ4v) is 2.86. The molecule has 0 aliphatic rings. The van der Waals surface area contributed by atoms with Gasteiger partial charge in [0.25, 0.3) is 0 Å². The Labute approximate surface area is 121 Å². The summed E-state index contributed by atoms with van der Waals surface area (Å²) >= 11 is 1.36. The number of fused-ring (bicyclic) bond motifs is 1. The van der Waals surface area contributed by atoms with Gasteiger partial charge in [-0.05, 0) is 50.0 Å². The lowest BCUT2D eigenvalue weighted by Gasteiger charge is -2.24. The number of nitrogens with two attached hydrogens (primary N) is 1. The monoisotopic (exact) mass is 287 g/mol. The number of hydrogen-bond acceptors (Lipinski definition) is 5. The molecule has 0 bridgehead atoms. The van der Waals surface area contributed by atoms with E-state index in [4.69, 9.17) is 10.7 Å². The molecule has 0 spiro atoms. The smallest absolute Gasteiger partial charge is 0.155 e. The van der Waals surface area contributed by atoms with Crippen molar-refractivity contribution in [1.82, 2.24) is 19.1 Å². The summed E-state index contributed by atoms with van der Waals surface area (Å²) in [7, 11) is 0. The Morgan fingerprint density at radius 2 is 2.10 bits per heavy atom. The Morgan fingerprint density at radius 1 is 1.30 bits per heavy atom. The zero-order chi connectivity index (χ0) is 14.3. The Balaban J connectivity index is 2.33. The van der Waals surface area contributed by atoms with Crippen LogP contribution in [0.5, 0.6) is 0 Å². The molecule has 1 aromatic carbocycles. The lowest BCUT2D eigenvalue weighted by molar-refractivity contribution is 0.413. The van der Waals surface area contributed by atoms with Gasteiger partial charge in [0.05, 0.1) is 17.2 Å². The maximum Gasteiger partial charge on any atom is 0.155 e. The van der Waals surface area contributed by atoms with Crippen molar-refractivity contribution in [2.75, 3.05) is 0 Å². The van der Waals surface area contributed by atoms with Crippen molar-refractivity contribution in [3.8, 4) is 10.7 Å². The highest BCUT2D eigenvalue weighted by atomic mass is 32.1. The summed E-state index contributed by atoms with van der Waals surface area (Å²) in [6.45, 7) is 7.03. The van der Waals surface area contributed by atoms with Crippen molar-refractivity contribution in [2.24, 2.45) is 5.73 Å². The van der Waals surface area contributed by atoms with Gasteiger partial charge in [-0.25, -0.2) is 4.98 Å². The van der Waals surface area contributed by atoms with E-state index in [0.29, 0.717) is 6.54 Å². The minimum absolute atomic E-state index is 0.0711. The summed E-state index contributed by atoms with van der Waals surface area (Å²) in [5.41, 5.74) is 8.80. The number of rotatable bonds is 2. The molecule has 3 rings (SSSR count). The summed E-state index contributed by atoms with van der Waals surface area (Å²) in [6, 6.07) is 6.20. The first kappa shape index (κ1) is 13.2. The molecule has 104 valence electrons. The molecule has 6 heteroatoms. The van der Waals surface area contributed by atoms with Crippen LogP contribution in [0.4, 0.5) is 0 Å². The normalized spacial score (nSPS) is 12.2. The molecule has 0 amide bonds. The van der Waals surface area contributed by atoms with Crippen LogP contribution < -0.4 is 5.73 Å². The van der Waals surface area contributed by atoms with Crippen molar-refractivity contribution >= 4 is 22.6 Å². The topological polar surface area (TPSA) is 69.6 Å². The standard InChI is InChI=1S/C14H17N5S/c1-14(2,3)19-11-5-4-9(7-15)6-10(11)17-13(19)12-8-16-18-20-12/h4-6,8H,7,15H2,1-3H3. The van der Waals surface area contributed by atoms with Crippen LogP contribution in [0, 0.1) is 0 Å². The Bertz CT molecular complexity index is 737. The van der Waals surface area contributed by atoms with Gasteiger partial charge in [0.2, 0.25) is 0 Å². The quantitative estimate of drug-likeness (QED) is 0.787. The highest BCUT2D eigenvalue weighted by Crippen LogP contribution is 2.32. The summed E-state index contributed by atoms with van der Waals surface area (Å²) in [4.78, 5) is 5.75. The minimum atomic E-state index is -0.0711. The van der Waals surface area contributed by atoms with Crippen LogP contribution in [0.25, 0.3) is 21.7 Å². The summed E-state index contributed by atoms with van der Waals surface area (Å²) in [6.07, 6.45) is 1.76. The highest BCUT2D eigenvalue weighted by molar-refractivity contribution is 7.09. The third-order valence-corrected chi connectivity index (χ3v) is 3.87. The first-order chi connectivity index (χ1) is 9.50. The van der Waals surface area contributed by atoms with E-state index in [1.807, 2.05) is 0 Å². The van der Waals surface area contributed by atoms with E-state index >= 15 is 0 Å². The number of nitrogens with zero attached hydrogens (tertiary/aromatic N) is 4. The molecule has 0 aliphatic heterocycles. The van der Waals surface area contributed by atoms with Gasteiger partial charge in [-0.2, -0.15) is 0 Å². The molecule has 20 heavy (non-hydrogen) atoms. The van der Waals surface area contributed by atoms with Crippen molar-refractivity contribution < 1.29 is 0 Å². The van der Waals surface area contributed by atoms with Gasteiger partial charge in [0.15, 0.2) is 5.82 Å². The van der Waals surface area contributed by atoms with E-state index in [9.17, 15) is 0 Å². The molecule has 0 radical (unpaired) electrons. The molecule has 5 nitrogen and oxygen atoms in total. The molecule has 0 saturated heterocycles. The molecular weight excluding hydrogens is 270 g/mol. The third kappa shape index (κ3) is 2.10. The molecule has 2 N–H and O–H groups in total. The Hall–Kier alpha value is -1.79. The van der Waals surface area contributed by atoms with Crippen LogP contribution in [0.3, 0.4) is 0 Å². The summed E-state index contributed by atoms with van der Waals surface area (Å²) in [5, 5.41) is 3.92. The number of imidazole rings is 1. The number of hydrogen-bond donors (Lipinski definition) is 1. The number of aromatic nitrogens is 4. The molecule has 3 aromatic rings. The van der Waals surface area contributed by atoms with Gasteiger partial charge in [0, 0.05) is 12.1 Å². The van der Waals surface area contributed by atoms with Gasteiger partial charge in [-0.1, -0.05) is 10.6 Å².